The molecule has 1 atom stereocenters. The predicted octanol–water partition coefficient (Wildman–Crippen LogP) is 3.46. The highest BCUT2D eigenvalue weighted by atomic mass is 35.5. The Labute approximate surface area is 139 Å². The Morgan fingerprint density at radius 3 is 2.73 bits per heavy atom. The minimum absolute atomic E-state index is 0.137. The number of carbonyl (C=O) groups excluding carboxylic acids is 2. The van der Waals surface area contributed by atoms with Crippen molar-refractivity contribution >= 4 is 41.2 Å². The van der Waals surface area contributed by atoms with Crippen LogP contribution >= 0.6 is 23.2 Å². The topological polar surface area (TPSA) is 55.4 Å². The molecule has 2 rings (SSSR count). The van der Waals surface area contributed by atoms with E-state index in [9.17, 15) is 9.59 Å². The second-order valence-corrected chi connectivity index (χ2v) is 6.12. The smallest absolute Gasteiger partial charge is 0.331 e. The van der Waals surface area contributed by atoms with E-state index in [2.05, 4.69) is 5.32 Å². The van der Waals surface area contributed by atoms with Crippen LogP contribution in [-0.4, -0.2) is 24.5 Å². The van der Waals surface area contributed by atoms with E-state index in [0.29, 0.717) is 16.0 Å². The first-order valence-electron chi connectivity index (χ1n) is 7.05. The van der Waals surface area contributed by atoms with E-state index in [4.69, 9.17) is 27.9 Å². The largest absolute Gasteiger partial charge is 0.452 e. The van der Waals surface area contributed by atoms with Gasteiger partial charge in [0.15, 0.2) is 6.61 Å². The van der Waals surface area contributed by atoms with Crippen molar-refractivity contribution in [2.24, 2.45) is 5.92 Å². The van der Waals surface area contributed by atoms with E-state index in [0.717, 1.165) is 18.4 Å². The molecule has 1 aromatic carbocycles. The SMILES string of the molecule is C[C@H](NC(=O)COC(=O)/C=C/c1ccc(Cl)c(Cl)c1)C1CC1. The number of hydrogen-bond acceptors (Lipinski definition) is 3. The molecule has 0 aromatic heterocycles. The third-order valence-electron chi connectivity index (χ3n) is 3.42. The molecule has 1 fully saturated rings. The second-order valence-electron chi connectivity index (χ2n) is 5.31. The number of nitrogens with one attached hydrogen (secondary N) is 1. The van der Waals surface area contributed by atoms with Gasteiger partial charge in [0.25, 0.3) is 5.91 Å². The molecule has 1 aliphatic carbocycles. The van der Waals surface area contributed by atoms with Crippen LogP contribution in [0.5, 0.6) is 0 Å². The number of hydrogen-bond donors (Lipinski definition) is 1. The molecule has 1 aliphatic rings. The van der Waals surface area contributed by atoms with Gasteiger partial charge in [0.05, 0.1) is 10.0 Å². The lowest BCUT2D eigenvalue weighted by molar-refractivity contribution is -0.144. The Balaban J connectivity index is 1.75. The normalized spacial score (nSPS) is 15.6. The van der Waals surface area contributed by atoms with Gasteiger partial charge in [0, 0.05) is 12.1 Å². The molecule has 0 aliphatic heterocycles. The monoisotopic (exact) mass is 341 g/mol. The van der Waals surface area contributed by atoms with Crippen molar-refractivity contribution in [1.82, 2.24) is 5.32 Å². The molecule has 1 saturated carbocycles. The zero-order valence-electron chi connectivity index (χ0n) is 12.1. The molecule has 0 unspecified atom stereocenters. The standard InChI is InChI=1S/C16H17Cl2NO3/c1-10(12-4-5-12)19-15(20)9-22-16(21)7-3-11-2-6-13(17)14(18)8-11/h2-3,6-8,10,12H,4-5,9H2,1H3,(H,19,20)/b7-3+/t10-/m0/s1. The molecule has 22 heavy (non-hydrogen) atoms. The van der Waals surface area contributed by atoms with Gasteiger partial charge in [-0.25, -0.2) is 4.79 Å². The maximum absolute atomic E-state index is 11.6. The fourth-order valence-electron chi connectivity index (χ4n) is 1.97. The van der Waals surface area contributed by atoms with Crippen LogP contribution in [0.2, 0.25) is 10.0 Å². The molecule has 118 valence electrons. The van der Waals surface area contributed by atoms with Crippen LogP contribution < -0.4 is 5.32 Å². The van der Waals surface area contributed by atoms with E-state index >= 15 is 0 Å². The maximum Gasteiger partial charge on any atom is 0.331 e. The Kier molecular flexibility index (Phi) is 5.86. The van der Waals surface area contributed by atoms with Crippen molar-refractivity contribution in [3.8, 4) is 0 Å². The summed E-state index contributed by atoms with van der Waals surface area (Å²) in [6.07, 6.45) is 5.09. The van der Waals surface area contributed by atoms with E-state index in [1.807, 2.05) is 6.92 Å². The Morgan fingerprint density at radius 1 is 1.36 bits per heavy atom. The lowest BCUT2D eigenvalue weighted by Gasteiger charge is -2.12. The summed E-state index contributed by atoms with van der Waals surface area (Å²) in [4.78, 5) is 23.2. The lowest BCUT2D eigenvalue weighted by Crippen LogP contribution is -2.36. The Bertz CT molecular complexity index is 597. The van der Waals surface area contributed by atoms with E-state index in [1.165, 1.54) is 6.08 Å². The summed E-state index contributed by atoms with van der Waals surface area (Å²) < 4.78 is 4.88. The van der Waals surface area contributed by atoms with Crippen LogP contribution in [0.1, 0.15) is 25.3 Å². The van der Waals surface area contributed by atoms with Crippen LogP contribution in [0, 0.1) is 5.92 Å². The number of esters is 1. The van der Waals surface area contributed by atoms with Crippen molar-refractivity contribution in [1.29, 1.82) is 0 Å². The minimum atomic E-state index is -0.583. The van der Waals surface area contributed by atoms with Crippen LogP contribution in [0.4, 0.5) is 0 Å². The highest BCUT2D eigenvalue weighted by Gasteiger charge is 2.28. The Hall–Kier alpha value is -1.52. The Morgan fingerprint density at radius 2 is 2.09 bits per heavy atom. The molecule has 0 spiro atoms. The average Bonchev–Trinajstić information content (AvgIpc) is 3.31. The van der Waals surface area contributed by atoms with Crippen LogP contribution in [0.15, 0.2) is 24.3 Å². The maximum atomic E-state index is 11.6. The number of carbonyl (C=O) groups is 2. The van der Waals surface area contributed by atoms with Gasteiger partial charge in [-0.15, -0.1) is 0 Å². The summed E-state index contributed by atoms with van der Waals surface area (Å²) >= 11 is 11.7. The fraction of sp³-hybridized carbons (Fsp3) is 0.375. The van der Waals surface area contributed by atoms with Gasteiger partial charge in [0.1, 0.15) is 0 Å². The molecule has 1 aromatic rings. The molecule has 1 amide bonds. The van der Waals surface area contributed by atoms with Gasteiger partial charge in [-0.3, -0.25) is 4.79 Å². The van der Waals surface area contributed by atoms with E-state index < -0.39 is 5.97 Å². The summed E-state index contributed by atoms with van der Waals surface area (Å²) in [5.74, 6) is -0.301. The van der Waals surface area contributed by atoms with Crippen molar-refractivity contribution in [3.05, 3.63) is 39.9 Å². The molecule has 6 heteroatoms. The first kappa shape index (κ1) is 16.8. The number of ether oxygens (including phenoxy) is 1. The van der Waals surface area contributed by atoms with E-state index in [1.54, 1.807) is 24.3 Å². The third kappa shape index (κ3) is 5.35. The van der Waals surface area contributed by atoms with E-state index in [-0.39, 0.29) is 18.6 Å². The van der Waals surface area contributed by atoms with Gasteiger partial charge < -0.3 is 10.1 Å². The molecular weight excluding hydrogens is 325 g/mol. The minimum Gasteiger partial charge on any atom is -0.452 e. The first-order valence-corrected chi connectivity index (χ1v) is 7.80. The highest BCUT2D eigenvalue weighted by molar-refractivity contribution is 6.42. The number of benzene rings is 1. The molecule has 0 bridgehead atoms. The molecule has 0 radical (unpaired) electrons. The number of halogens is 2. The van der Waals surface area contributed by atoms with Crippen LogP contribution in [0.25, 0.3) is 6.08 Å². The zero-order valence-corrected chi connectivity index (χ0v) is 13.7. The molecule has 0 heterocycles. The summed E-state index contributed by atoms with van der Waals surface area (Å²) in [7, 11) is 0. The van der Waals surface area contributed by atoms with Crippen molar-refractivity contribution in [2.45, 2.75) is 25.8 Å². The molecule has 1 N–H and O–H groups in total. The molecule has 4 nitrogen and oxygen atoms in total. The second kappa shape index (κ2) is 7.65. The molecular formula is C16H17Cl2NO3. The number of rotatable bonds is 6. The third-order valence-corrected chi connectivity index (χ3v) is 4.16. The van der Waals surface area contributed by atoms with Gasteiger partial charge >= 0.3 is 5.97 Å². The summed E-state index contributed by atoms with van der Waals surface area (Å²) in [6.45, 7) is 1.68. The number of amides is 1. The quantitative estimate of drug-likeness (QED) is 0.636. The lowest BCUT2D eigenvalue weighted by atomic mass is 10.2. The van der Waals surface area contributed by atoms with Crippen LogP contribution in [0.3, 0.4) is 0 Å². The summed E-state index contributed by atoms with van der Waals surface area (Å²) in [5, 5.41) is 3.67. The van der Waals surface area contributed by atoms with Crippen LogP contribution in [-0.2, 0) is 14.3 Å². The zero-order chi connectivity index (χ0) is 16.1. The van der Waals surface area contributed by atoms with Gasteiger partial charge in [-0.05, 0) is 49.5 Å². The predicted molar refractivity (Wildman–Crippen MR) is 86.8 cm³/mol. The molecule has 0 saturated heterocycles. The van der Waals surface area contributed by atoms with Crippen molar-refractivity contribution < 1.29 is 14.3 Å². The van der Waals surface area contributed by atoms with Gasteiger partial charge in [0.2, 0.25) is 0 Å². The summed E-state index contributed by atoms with van der Waals surface area (Å²) in [5.41, 5.74) is 0.721. The first-order chi connectivity index (χ1) is 10.5. The van der Waals surface area contributed by atoms with Crippen molar-refractivity contribution in [3.63, 3.8) is 0 Å². The van der Waals surface area contributed by atoms with Gasteiger partial charge in [-0.2, -0.15) is 0 Å². The fourth-order valence-corrected chi connectivity index (χ4v) is 2.28. The van der Waals surface area contributed by atoms with Crippen molar-refractivity contribution in [2.75, 3.05) is 6.61 Å². The highest BCUT2D eigenvalue weighted by Crippen LogP contribution is 2.32. The average molecular weight is 342 g/mol. The summed E-state index contributed by atoms with van der Waals surface area (Å²) in [6, 6.07) is 5.14. The van der Waals surface area contributed by atoms with Gasteiger partial charge in [-0.1, -0.05) is 29.3 Å².